The lowest BCUT2D eigenvalue weighted by Gasteiger charge is -2.59. The molecule has 174 valence electrons. The Balaban J connectivity index is 1.74. The van der Waals surface area contributed by atoms with Crippen LogP contribution in [0.2, 0.25) is 0 Å². The van der Waals surface area contributed by atoms with Gasteiger partial charge in [0.25, 0.3) is 0 Å². The summed E-state index contributed by atoms with van der Waals surface area (Å²) in [5, 5.41) is 1.11. The van der Waals surface area contributed by atoms with E-state index in [0.717, 1.165) is 59.6 Å². The molecule has 2 heteroatoms. The molecule has 0 N–H and O–H groups in total. The van der Waals surface area contributed by atoms with Crippen molar-refractivity contribution in [3.63, 3.8) is 0 Å². The third-order valence-electron chi connectivity index (χ3n) is 10.5. The van der Waals surface area contributed by atoms with Gasteiger partial charge in [-0.15, -0.1) is 0 Å². The first kappa shape index (κ1) is 24.8. The number of alkyl halides is 1. The zero-order chi connectivity index (χ0) is 22.1. The molecule has 3 aliphatic carbocycles. The van der Waals surface area contributed by atoms with Gasteiger partial charge in [-0.2, -0.15) is 0 Å². The Morgan fingerprint density at radius 3 is 2.37 bits per heavy atom. The smallest absolute Gasteiger partial charge is 0.129 e. The molecule has 0 aromatic carbocycles. The van der Waals surface area contributed by atoms with Crippen LogP contribution in [0.15, 0.2) is 0 Å². The Morgan fingerprint density at radius 1 is 1.00 bits per heavy atom. The van der Waals surface area contributed by atoms with Gasteiger partial charge in [0.2, 0.25) is 0 Å². The summed E-state index contributed by atoms with van der Waals surface area (Å²) in [6, 6.07) is 0. The van der Waals surface area contributed by atoms with Crippen molar-refractivity contribution >= 4 is 21.7 Å². The number of rotatable bonds is 9. The summed E-state index contributed by atoms with van der Waals surface area (Å²) in [5.41, 5.74) is 0.918. The SMILES string of the molecule is CC(=O)CC[C@@]1(C)[C@H](CBr)CC[C@@H]2[C@@H]1CC[C@]1(C)[C@@H]([C@H](C)CCCC(C)C)CC[C@@H]21. The summed E-state index contributed by atoms with van der Waals surface area (Å²) < 4.78 is 0. The number of fused-ring (bicyclic) bond motifs is 3. The minimum absolute atomic E-state index is 0.348. The fraction of sp³-hybridized carbons (Fsp3) is 0.964. The maximum atomic E-state index is 11.9. The molecule has 0 aromatic rings. The van der Waals surface area contributed by atoms with Gasteiger partial charge in [-0.1, -0.05) is 69.8 Å². The van der Waals surface area contributed by atoms with Crippen molar-refractivity contribution in [2.45, 2.75) is 112 Å². The number of hydrogen-bond acceptors (Lipinski definition) is 1. The fourth-order valence-corrected chi connectivity index (χ4v) is 9.71. The third-order valence-corrected chi connectivity index (χ3v) is 11.3. The molecule has 3 fully saturated rings. The molecule has 0 amide bonds. The minimum atomic E-state index is 0.348. The molecule has 0 heterocycles. The maximum absolute atomic E-state index is 11.9. The molecule has 3 aliphatic rings. The van der Waals surface area contributed by atoms with Crippen LogP contribution in [0.5, 0.6) is 0 Å². The standard InChI is InChI=1S/C28H49BrO/c1-19(2)8-7-9-20(3)24-12-13-25-23-11-10-22(18-29)27(5,16-14-21(4)30)26(23)15-17-28(24,25)6/h19-20,22-26H,7-18H2,1-6H3/t20-,22+,23+,24-,25+,26+,27+,28-/m1/s1. The predicted octanol–water partition coefficient (Wildman–Crippen LogP) is 8.69. The van der Waals surface area contributed by atoms with E-state index in [9.17, 15) is 4.79 Å². The maximum Gasteiger partial charge on any atom is 0.129 e. The van der Waals surface area contributed by atoms with E-state index in [0.29, 0.717) is 16.6 Å². The Kier molecular flexibility index (Phi) is 8.23. The van der Waals surface area contributed by atoms with Crippen molar-refractivity contribution < 1.29 is 4.79 Å². The van der Waals surface area contributed by atoms with Gasteiger partial charge in [0.05, 0.1) is 0 Å². The largest absolute Gasteiger partial charge is 0.300 e. The van der Waals surface area contributed by atoms with Crippen LogP contribution in [-0.4, -0.2) is 11.1 Å². The summed E-state index contributed by atoms with van der Waals surface area (Å²) in [6.45, 7) is 14.3. The van der Waals surface area contributed by atoms with E-state index >= 15 is 0 Å². The molecule has 0 unspecified atom stereocenters. The number of carbonyl (C=O) groups is 1. The Labute approximate surface area is 196 Å². The average Bonchev–Trinajstić information content (AvgIpc) is 3.04. The van der Waals surface area contributed by atoms with Crippen molar-refractivity contribution in [2.24, 2.45) is 52.3 Å². The molecule has 1 nitrogen and oxygen atoms in total. The van der Waals surface area contributed by atoms with E-state index in [-0.39, 0.29) is 0 Å². The lowest BCUT2D eigenvalue weighted by atomic mass is 9.46. The Morgan fingerprint density at radius 2 is 1.73 bits per heavy atom. The molecule has 0 bridgehead atoms. The molecular weight excluding hydrogens is 432 g/mol. The highest BCUT2D eigenvalue weighted by atomic mass is 79.9. The first-order valence-corrected chi connectivity index (χ1v) is 14.3. The second-order valence-electron chi connectivity index (χ2n) is 12.5. The van der Waals surface area contributed by atoms with E-state index < -0.39 is 0 Å². The van der Waals surface area contributed by atoms with E-state index in [1.165, 1.54) is 57.8 Å². The van der Waals surface area contributed by atoms with Gasteiger partial charge in [0, 0.05) is 11.8 Å². The fourth-order valence-electron chi connectivity index (χ4n) is 8.65. The van der Waals surface area contributed by atoms with Crippen LogP contribution in [0, 0.1) is 52.3 Å². The average molecular weight is 482 g/mol. The van der Waals surface area contributed by atoms with Gasteiger partial charge in [0.15, 0.2) is 0 Å². The van der Waals surface area contributed by atoms with Crippen LogP contribution >= 0.6 is 15.9 Å². The molecular formula is C28H49BrO. The van der Waals surface area contributed by atoms with Crippen molar-refractivity contribution in [2.75, 3.05) is 5.33 Å². The highest BCUT2D eigenvalue weighted by molar-refractivity contribution is 9.09. The van der Waals surface area contributed by atoms with Crippen LogP contribution in [0.25, 0.3) is 0 Å². The predicted molar refractivity (Wildman–Crippen MR) is 133 cm³/mol. The normalized spacial score (nSPS) is 42.1. The van der Waals surface area contributed by atoms with E-state index in [1.807, 2.05) is 0 Å². The van der Waals surface area contributed by atoms with E-state index in [4.69, 9.17) is 0 Å². The second kappa shape index (κ2) is 9.96. The first-order chi connectivity index (χ1) is 14.1. The van der Waals surface area contributed by atoms with Crippen LogP contribution in [0.1, 0.15) is 112 Å². The van der Waals surface area contributed by atoms with Crippen molar-refractivity contribution in [1.29, 1.82) is 0 Å². The number of hydrogen-bond donors (Lipinski definition) is 0. The summed E-state index contributed by atoms with van der Waals surface area (Å²) >= 11 is 3.85. The summed E-state index contributed by atoms with van der Waals surface area (Å²) in [5.74, 6) is 6.47. The molecule has 0 aliphatic heterocycles. The van der Waals surface area contributed by atoms with Crippen molar-refractivity contribution in [3.05, 3.63) is 0 Å². The highest BCUT2D eigenvalue weighted by Gasteiger charge is 2.59. The van der Waals surface area contributed by atoms with Crippen LogP contribution in [-0.2, 0) is 4.79 Å². The minimum Gasteiger partial charge on any atom is -0.300 e. The Hall–Kier alpha value is 0.150. The van der Waals surface area contributed by atoms with Crippen molar-refractivity contribution in [3.8, 4) is 0 Å². The first-order valence-electron chi connectivity index (χ1n) is 13.2. The molecule has 0 saturated heterocycles. The zero-order valence-electron chi connectivity index (χ0n) is 20.8. The molecule has 30 heavy (non-hydrogen) atoms. The van der Waals surface area contributed by atoms with E-state index in [1.54, 1.807) is 6.92 Å². The number of Topliss-reactive ketones (excluding diaryl/α,β-unsaturated/α-hetero) is 1. The molecule has 0 aromatic heterocycles. The lowest BCUT2D eigenvalue weighted by molar-refractivity contribution is -0.121. The van der Waals surface area contributed by atoms with E-state index in [2.05, 4.69) is 50.5 Å². The molecule has 3 saturated carbocycles. The topological polar surface area (TPSA) is 17.1 Å². The summed E-state index contributed by atoms with van der Waals surface area (Å²) in [6.07, 6.45) is 14.7. The second-order valence-corrected chi connectivity index (χ2v) is 13.2. The Bertz CT molecular complexity index is 585. The van der Waals surface area contributed by atoms with Gasteiger partial charge < -0.3 is 4.79 Å². The van der Waals surface area contributed by atoms with Gasteiger partial charge in [-0.3, -0.25) is 0 Å². The molecule has 0 spiro atoms. The summed E-state index contributed by atoms with van der Waals surface area (Å²) in [4.78, 5) is 11.9. The number of halogens is 1. The lowest BCUT2D eigenvalue weighted by Crippen LogP contribution is -2.52. The highest BCUT2D eigenvalue weighted by Crippen LogP contribution is 2.67. The molecule has 8 atom stereocenters. The van der Waals surface area contributed by atoms with Crippen LogP contribution in [0.3, 0.4) is 0 Å². The molecule has 0 radical (unpaired) electrons. The monoisotopic (exact) mass is 480 g/mol. The van der Waals surface area contributed by atoms with Crippen molar-refractivity contribution in [1.82, 2.24) is 0 Å². The van der Waals surface area contributed by atoms with Gasteiger partial charge in [-0.05, 0) is 104 Å². The molecule has 3 rings (SSSR count). The van der Waals surface area contributed by atoms with Gasteiger partial charge in [-0.25, -0.2) is 0 Å². The van der Waals surface area contributed by atoms with Crippen LogP contribution < -0.4 is 0 Å². The summed E-state index contributed by atoms with van der Waals surface area (Å²) in [7, 11) is 0. The van der Waals surface area contributed by atoms with Gasteiger partial charge in [0.1, 0.15) is 5.78 Å². The third kappa shape index (κ3) is 4.74. The zero-order valence-corrected chi connectivity index (χ0v) is 22.4. The van der Waals surface area contributed by atoms with Gasteiger partial charge >= 0.3 is 0 Å². The van der Waals surface area contributed by atoms with Crippen LogP contribution in [0.4, 0.5) is 0 Å². The quantitative estimate of drug-likeness (QED) is 0.301. The number of ketones is 1. The number of carbonyl (C=O) groups excluding carboxylic acids is 1.